The first-order valence-electron chi connectivity index (χ1n) is 9.22. The molecule has 2 aromatic rings. The van der Waals surface area contributed by atoms with Crippen LogP contribution in [0.5, 0.6) is 5.75 Å². The van der Waals surface area contributed by atoms with E-state index in [0.29, 0.717) is 6.54 Å². The Morgan fingerprint density at radius 1 is 1.22 bits per heavy atom. The highest BCUT2D eigenvalue weighted by Gasteiger charge is 2.30. The molecule has 2 aromatic carbocycles. The zero-order chi connectivity index (χ0) is 19.2. The molecule has 2 amide bonds. The third kappa shape index (κ3) is 4.77. The van der Waals surface area contributed by atoms with Crippen molar-refractivity contribution in [2.75, 3.05) is 32.6 Å². The van der Waals surface area contributed by atoms with Gasteiger partial charge in [0.1, 0.15) is 11.6 Å². The molecule has 1 saturated heterocycles. The smallest absolute Gasteiger partial charge is 0.319 e. The fourth-order valence-electron chi connectivity index (χ4n) is 3.75. The zero-order valence-corrected chi connectivity index (χ0v) is 15.7. The summed E-state index contributed by atoms with van der Waals surface area (Å²) in [5, 5.41) is 5.48. The normalized spacial score (nSPS) is 20.1. The fourth-order valence-corrected chi connectivity index (χ4v) is 3.75. The number of para-hydroxylation sites is 1. The Balaban J connectivity index is 1.64. The number of amides is 2. The van der Waals surface area contributed by atoms with Crippen molar-refractivity contribution in [2.45, 2.75) is 18.9 Å². The summed E-state index contributed by atoms with van der Waals surface area (Å²) < 4.78 is 18.9. The van der Waals surface area contributed by atoms with Crippen molar-refractivity contribution >= 4 is 11.7 Å². The number of benzene rings is 2. The van der Waals surface area contributed by atoms with Crippen molar-refractivity contribution in [3.63, 3.8) is 0 Å². The molecule has 2 atom stereocenters. The van der Waals surface area contributed by atoms with Crippen molar-refractivity contribution in [3.05, 3.63) is 59.9 Å². The molecule has 1 heterocycles. The highest BCUT2D eigenvalue weighted by molar-refractivity contribution is 5.89. The first-order chi connectivity index (χ1) is 13.1. The van der Waals surface area contributed by atoms with Crippen molar-refractivity contribution in [3.8, 4) is 5.75 Å². The number of hydrogen-bond acceptors (Lipinski definition) is 3. The summed E-state index contributed by atoms with van der Waals surface area (Å²) in [6, 6.07) is 14.1. The lowest BCUT2D eigenvalue weighted by Gasteiger charge is -2.39. The van der Waals surface area contributed by atoms with Crippen molar-refractivity contribution in [1.82, 2.24) is 10.2 Å². The molecule has 2 unspecified atom stereocenters. The Hall–Kier alpha value is -2.60. The number of likely N-dealkylation sites (tertiary alicyclic amines) is 1. The van der Waals surface area contributed by atoms with E-state index in [1.807, 2.05) is 12.1 Å². The van der Waals surface area contributed by atoms with Crippen LogP contribution >= 0.6 is 0 Å². The van der Waals surface area contributed by atoms with Gasteiger partial charge < -0.3 is 15.4 Å². The molecule has 2 N–H and O–H groups in total. The van der Waals surface area contributed by atoms with Crippen LogP contribution in [-0.2, 0) is 0 Å². The Morgan fingerprint density at radius 3 is 2.67 bits per heavy atom. The van der Waals surface area contributed by atoms with Gasteiger partial charge in [0.05, 0.1) is 12.8 Å². The van der Waals surface area contributed by atoms with Gasteiger partial charge >= 0.3 is 6.03 Å². The highest BCUT2D eigenvalue weighted by Crippen LogP contribution is 2.35. The van der Waals surface area contributed by atoms with Crippen LogP contribution in [-0.4, -0.2) is 38.2 Å². The van der Waals surface area contributed by atoms with Gasteiger partial charge in [0.2, 0.25) is 0 Å². The second kappa shape index (κ2) is 8.86. The van der Waals surface area contributed by atoms with Crippen LogP contribution in [0.4, 0.5) is 14.9 Å². The lowest BCUT2D eigenvalue weighted by Crippen LogP contribution is -2.42. The zero-order valence-electron chi connectivity index (χ0n) is 15.7. The van der Waals surface area contributed by atoms with Crippen LogP contribution in [0.1, 0.15) is 24.4 Å². The molecule has 1 aliphatic rings. The molecule has 27 heavy (non-hydrogen) atoms. The van der Waals surface area contributed by atoms with Gasteiger partial charge in [-0.25, -0.2) is 9.18 Å². The van der Waals surface area contributed by atoms with E-state index in [0.717, 1.165) is 25.1 Å². The monoisotopic (exact) mass is 371 g/mol. The minimum Gasteiger partial charge on any atom is -0.497 e. The summed E-state index contributed by atoms with van der Waals surface area (Å²) in [5.41, 5.74) is 1.39. The number of piperidine rings is 1. The standard InChI is InChI=1S/C21H26FN3O2/c1-25-13-5-6-16(20(25)15-9-11-17(27-2)12-10-15)14-23-21(26)24-19-8-4-3-7-18(19)22/h3-4,7-12,16,20H,5-6,13-14H2,1-2H3,(H2,23,24,26). The van der Waals surface area contributed by atoms with Gasteiger partial charge in [0.15, 0.2) is 0 Å². The predicted octanol–water partition coefficient (Wildman–Crippen LogP) is 4.04. The minimum absolute atomic E-state index is 0.183. The summed E-state index contributed by atoms with van der Waals surface area (Å²) in [5.74, 6) is 0.667. The Morgan fingerprint density at radius 2 is 1.96 bits per heavy atom. The number of carbonyl (C=O) groups is 1. The summed E-state index contributed by atoms with van der Waals surface area (Å²) in [6.45, 7) is 1.55. The number of halogens is 1. The third-order valence-electron chi connectivity index (χ3n) is 5.11. The Bertz CT molecular complexity index is 766. The van der Waals surface area contributed by atoms with Gasteiger partial charge in [-0.15, -0.1) is 0 Å². The van der Waals surface area contributed by atoms with Crippen LogP contribution < -0.4 is 15.4 Å². The van der Waals surface area contributed by atoms with Gasteiger partial charge in [-0.2, -0.15) is 0 Å². The maximum absolute atomic E-state index is 13.7. The molecule has 1 fully saturated rings. The molecule has 0 radical (unpaired) electrons. The fraction of sp³-hybridized carbons (Fsp3) is 0.381. The van der Waals surface area contributed by atoms with Crippen molar-refractivity contribution < 1.29 is 13.9 Å². The van der Waals surface area contributed by atoms with Crippen molar-refractivity contribution in [2.24, 2.45) is 5.92 Å². The van der Waals surface area contributed by atoms with Gasteiger partial charge in [0, 0.05) is 12.6 Å². The van der Waals surface area contributed by atoms with Crippen molar-refractivity contribution in [1.29, 1.82) is 0 Å². The van der Waals surface area contributed by atoms with Gasteiger partial charge in [-0.3, -0.25) is 4.90 Å². The van der Waals surface area contributed by atoms with E-state index in [-0.39, 0.29) is 23.7 Å². The number of anilines is 1. The molecule has 1 aliphatic heterocycles. The van der Waals surface area contributed by atoms with Gasteiger partial charge in [-0.05, 0) is 62.2 Å². The molecular formula is C21H26FN3O2. The molecule has 0 saturated carbocycles. The van der Waals surface area contributed by atoms with Crippen LogP contribution in [0.25, 0.3) is 0 Å². The molecule has 6 heteroatoms. The number of carbonyl (C=O) groups excluding carboxylic acids is 1. The maximum atomic E-state index is 13.7. The number of nitrogens with one attached hydrogen (secondary N) is 2. The molecule has 3 rings (SSSR count). The molecular weight excluding hydrogens is 345 g/mol. The number of urea groups is 1. The van der Waals surface area contributed by atoms with Crippen LogP contribution in [0.2, 0.25) is 0 Å². The number of hydrogen-bond donors (Lipinski definition) is 2. The molecule has 0 bridgehead atoms. The van der Waals surface area contributed by atoms with E-state index in [1.165, 1.54) is 11.6 Å². The van der Waals surface area contributed by atoms with E-state index < -0.39 is 5.82 Å². The third-order valence-corrected chi connectivity index (χ3v) is 5.11. The lowest BCUT2D eigenvalue weighted by molar-refractivity contribution is 0.121. The van der Waals surface area contributed by atoms with E-state index in [4.69, 9.17) is 4.74 Å². The molecule has 0 aliphatic carbocycles. The number of methoxy groups -OCH3 is 1. The first kappa shape index (κ1) is 19.2. The Labute approximate surface area is 159 Å². The summed E-state index contributed by atoms with van der Waals surface area (Å²) in [6.07, 6.45) is 2.12. The van der Waals surface area contributed by atoms with Crippen LogP contribution in [0, 0.1) is 11.7 Å². The predicted molar refractivity (Wildman–Crippen MR) is 105 cm³/mol. The lowest BCUT2D eigenvalue weighted by atomic mass is 9.85. The topological polar surface area (TPSA) is 53.6 Å². The van der Waals surface area contributed by atoms with Gasteiger partial charge in [0.25, 0.3) is 0 Å². The average molecular weight is 371 g/mol. The van der Waals surface area contributed by atoms with E-state index >= 15 is 0 Å². The molecule has 144 valence electrons. The second-order valence-electron chi connectivity index (χ2n) is 6.92. The number of ether oxygens (including phenoxy) is 1. The first-order valence-corrected chi connectivity index (χ1v) is 9.22. The SMILES string of the molecule is COc1ccc(C2C(CNC(=O)Nc3ccccc3F)CCCN2C)cc1. The van der Waals surface area contributed by atoms with Gasteiger partial charge in [-0.1, -0.05) is 24.3 Å². The summed E-state index contributed by atoms with van der Waals surface area (Å²) >= 11 is 0. The average Bonchev–Trinajstić information content (AvgIpc) is 2.68. The molecule has 0 spiro atoms. The van der Waals surface area contributed by atoms with E-state index in [9.17, 15) is 9.18 Å². The van der Waals surface area contributed by atoms with E-state index in [1.54, 1.807) is 25.3 Å². The Kier molecular flexibility index (Phi) is 6.29. The minimum atomic E-state index is -0.443. The van der Waals surface area contributed by atoms with Crippen LogP contribution in [0.3, 0.4) is 0 Å². The maximum Gasteiger partial charge on any atom is 0.319 e. The van der Waals surface area contributed by atoms with Crippen LogP contribution in [0.15, 0.2) is 48.5 Å². The highest BCUT2D eigenvalue weighted by atomic mass is 19.1. The molecule has 5 nitrogen and oxygen atoms in total. The largest absolute Gasteiger partial charge is 0.497 e. The quantitative estimate of drug-likeness (QED) is 0.834. The number of rotatable bonds is 5. The summed E-state index contributed by atoms with van der Waals surface area (Å²) in [7, 11) is 3.77. The van der Waals surface area contributed by atoms with E-state index in [2.05, 4.69) is 34.7 Å². The molecule has 0 aromatic heterocycles. The second-order valence-corrected chi connectivity index (χ2v) is 6.92. The summed E-state index contributed by atoms with van der Waals surface area (Å²) in [4.78, 5) is 14.5. The number of nitrogens with zero attached hydrogens (tertiary/aromatic N) is 1.